The molecule has 0 atom stereocenters. The van der Waals surface area contributed by atoms with Gasteiger partial charge < -0.3 is 4.74 Å². The first-order valence-corrected chi connectivity index (χ1v) is 6.00. The topological polar surface area (TPSA) is 43.4 Å². The summed E-state index contributed by atoms with van der Waals surface area (Å²) in [6.07, 6.45) is 2.24. The predicted octanol–water partition coefficient (Wildman–Crippen LogP) is 2.39. The van der Waals surface area contributed by atoms with E-state index in [-0.39, 0.29) is 17.5 Å². The molecular formula is C14H16O3. The zero-order valence-electron chi connectivity index (χ0n) is 9.72. The molecule has 17 heavy (non-hydrogen) atoms. The molecule has 0 amide bonds. The number of hydrogen-bond acceptors (Lipinski definition) is 3. The smallest absolute Gasteiger partial charge is 0.143 e. The summed E-state index contributed by atoms with van der Waals surface area (Å²) in [5.74, 6) is 0.690. The molecule has 0 radical (unpaired) electrons. The van der Waals surface area contributed by atoms with Crippen molar-refractivity contribution in [1.82, 2.24) is 0 Å². The SMILES string of the molecule is O=C1CCC(=O)C1CCCOc1ccccc1. The number of rotatable bonds is 5. The molecule has 1 saturated carbocycles. The van der Waals surface area contributed by atoms with Crippen LogP contribution in [0.15, 0.2) is 30.3 Å². The van der Waals surface area contributed by atoms with E-state index in [1.807, 2.05) is 30.3 Å². The van der Waals surface area contributed by atoms with E-state index in [0.29, 0.717) is 25.9 Å². The normalized spacial score (nSPS) is 16.5. The highest BCUT2D eigenvalue weighted by molar-refractivity contribution is 6.08. The van der Waals surface area contributed by atoms with Gasteiger partial charge in [-0.05, 0) is 25.0 Å². The van der Waals surface area contributed by atoms with Gasteiger partial charge in [0.1, 0.15) is 17.3 Å². The molecule has 0 saturated heterocycles. The molecule has 0 aliphatic heterocycles. The molecule has 90 valence electrons. The molecule has 0 bridgehead atoms. The van der Waals surface area contributed by atoms with Crippen LogP contribution >= 0.6 is 0 Å². The second kappa shape index (κ2) is 5.62. The minimum absolute atomic E-state index is 0.106. The summed E-state index contributed by atoms with van der Waals surface area (Å²) >= 11 is 0. The lowest BCUT2D eigenvalue weighted by Crippen LogP contribution is -2.15. The van der Waals surface area contributed by atoms with Gasteiger partial charge in [0.05, 0.1) is 12.5 Å². The van der Waals surface area contributed by atoms with Gasteiger partial charge in [0.15, 0.2) is 0 Å². The summed E-state index contributed by atoms with van der Waals surface area (Å²) in [7, 11) is 0. The van der Waals surface area contributed by atoms with Gasteiger partial charge in [-0.25, -0.2) is 0 Å². The summed E-state index contributed by atoms with van der Waals surface area (Å²) in [5.41, 5.74) is 0. The van der Waals surface area contributed by atoms with Crippen molar-refractivity contribution in [1.29, 1.82) is 0 Å². The van der Waals surface area contributed by atoms with Crippen molar-refractivity contribution in [2.24, 2.45) is 5.92 Å². The molecule has 0 aromatic heterocycles. The molecule has 0 unspecified atom stereocenters. The molecule has 0 spiro atoms. The number of para-hydroxylation sites is 1. The fourth-order valence-electron chi connectivity index (χ4n) is 2.09. The van der Waals surface area contributed by atoms with E-state index in [1.54, 1.807) is 0 Å². The molecule has 3 heteroatoms. The Hall–Kier alpha value is -1.64. The molecule has 1 aliphatic carbocycles. The van der Waals surface area contributed by atoms with Crippen LogP contribution in [0.1, 0.15) is 25.7 Å². The number of carbonyl (C=O) groups is 2. The Kier molecular flexibility index (Phi) is 3.91. The van der Waals surface area contributed by atoms with E-state index in [9.17, 15) is 9.59 Å². The van der Waals surface area contributed by atoms with E-state index in [1.165, 1.54) is 0 Å². The van der Waals surface area contributed by atoms with Gasteiger partial charge in [-0.15, -0.1) is 0 Å². The van der Waals surface area contributed by atoms with Crippen molar-refractivity contribution in [2.75, 3.05) is 6.61 Å². The molecule has 0 heterocycles. The van der Waals surface area contributed by atoms with E-state index >= 15 is 0 Å². The van der Waals surface area contributed by atoms with Crippen LogP contribution < -0.4 is 4.74 Å². The number of benzene rings is 1. The van der Waals surface area contributed by atoms with Crippen molar-refractivity contribution < 1.29 is 14.3 Å². The second-order valence-electron chi connectivity index (χ2n) is 4.29. The first-order valence-electron chi connectivity index (χ1n) is 6.00. The Bertz CT molecular complexity index is 381. The third-order valence-electron chi connectivity index (χ3n) is 3.04. The fraction of sp³-hybridized carbons (Fsp3) is 0.429. The van der Waals surface area contributed by atoms with Crippen LogP contribution in [-0.2, 0) is 9.59 Å². The Morgan fingerprint density at radius 3 is 2.35 bits per heavy atom. The van der Waals surface area contributed by atoms with Crippen molar-refractivity contribution in [3.63, 3.8) is 0 Å². The van der Waals surface area contributed by atoms with E-state index in [0.717, 1.165) is 12.2 Å². The Labute approximate surface area is 101 Å². The zero-order chi connectivity index (χ0) is 12.1. The van der Waals surface area contributed by atoms with Gasteiger partial charge >= 0.3 is 0 Å². The lowest BCUT2D eigenvalue weighted by atomic mass is 10.0. The second-order valence-corrected chi connectivity index (χ2v) is 4.29. The van der Waals surface area contributed by atoms with Crippen LogP contribution in [0, 0.1) is 5.92 Å². The minimum Gasteiger partial charge on any atom is -0.494 e. The highest BCUT2D eigenvalue weighted by Gasteiger charge is 2.31. The van der Waals surface area contributed by atoms with E-state index < -0.39 is 0 Å². The summed E-state index contributed by atoms with van der Waals surface area (Å²) in [5, 5.41) is 0. The molecule has 1 aromatic rings. The Morgan fingerprint density at radius 1 is 1.06 bits per heavy atom. The van der Waals surface area contributed by atoms with Crippen molar-refractivity contribution in [3.8, 4) is 5.75 Å². The number of ether oxygens (including phenoxy) is 1. The number of carbonyl (C=O) groups excluding carboxylic acids is 2. The van der Waals surface area contributed by atoms with Crippen LogP contribution in [0.5, 0.6) is 5.75 Å². The van der Waals surface area contributed by atoms with Crippen molar-refractivity contribution in [3.05, 3.63) is 30.3 Å². The molecule has 1 fully saturated rings. The van der Waals surface area contributed by atoms with Crippen LogP contribution in [-0.4, -0.2) is 18.2 Å². The third-order valence-corrected chi connectivity index (χ3v) is 3.04. The molecule has 2 rings (SSSR count). The standard InChI is InChI=1S/C14H16O3/c15-13-8-9-14(16)12(13)7-4-10-17-11-5-2-1-3-6-11/h1-3,5-6,12H,4,7-10H2. The molecule has 1 aliphatic rings. The van der Waals surface area contributed by atoms with Gasteiger partial charge in [-0.1, -0.05) is 18.2 Å². The number of hydrogen-bond donors (Lipinski definition) is 0. The average molecular weight is 232 g/mol. The van der Waals surface area contributed by atoms with Crippen molar-refractivity contribution in [2.45, 2.75) is 25.7 Å². The highest BCUT2D eigenvalue weighted by Crippen LogP contribution is 2.22. The Balaban J connectivity index is 1.70. The highest BCUT2D eigenvalue weighted by atomic mass is 16.5. The molecule has 0 N–H and O–H groups in total. The van der Waals surface area contributed by atoms with E-state index in [4.69, 9.17) is 4.74 Å². The van der Waals surface area contributed by atoms with Gasteiger partial charge in [0, 0.05) is 12.8 Å². The van der Waals surface area contributed by atoms with E-state index in [2.05, 4.69) is 0 Å². The van der Waals surface area contributed by atoms with Gasteiger partial charge in [-0.3, -0.25) is 9.59 Å². The summed E-state index contributed by atoms with van der Waals surface area (Å²) in [4.78, 5) is 22.8. The third kappa shape index (κ3) is 3.16. The summed E-state index contributed by atoms with van der Waals surface area (Å²) in [6, 6.07) is 9.55. The maximum absolute atomic E-state index is 11.4. The van der Waals surface area contributed by atoms with Gasteiger partial charge in [-0.2, -0.15) is 0 Å². The summed E-state index contributed by atoms with van der Waals surface area (Å²) in [6.45, 7) is 0.557. The number of ketones is 2. The van der Waals surface area contributed by atoms with Crippen LogP contribution in [0.3, 0.4) is 0 Å². The first-order chi connectivity index (χ1) is 8.27. The monoisotopic (exact) mass is 232 g/mol. The minimum atomic E-state index is -0.352. The lowest BCUT2D eigenvalue weighted by Gasteiger charge is -2.08. The quantitative estimate of drug-likeness (QED) is 0.578. The van der Waals surface area contributed by atoms with Crippen LogP contribution in [0.2, 0.25) is 0 Å². The van der Waals surface area contributed by atoms with Crippen LogP contribution in [0.4, 0.5) is 0 Å². The summed E-state index contributed by atoms with van der Waals surface area (Å²) < 4.78 is 5.51. The fourth-order valence-corrected chi connectivity index (χ4v) is 2.09. The maximum atomic E-state index is 11.4. The largest absolute Gasteiger partial charge is 0.494 e. The first kappa shape index (κ1) is 11.8. The lowest BCUT2D eigenvalue weighted by molar-refractivity contribution is -0.127. The Morgan fingerprint density at radius 2 is 1.71 bits per heavy atom. The van der Waals surface area contributed by atoms with Crippen molar-refractivity contribution >= 4 is 11.6 Å². The maximum Gasteiger partial charge on any atom is 0.143 e. The van der Waals surface area contributed by atoms with Gasteiger partial charge in [0.25, 0.3) is 0 Å². The van der Waals surface area contributed by atoms with Crippen LogP contribution in [0.25, 0.3) is 0 Å². The van der Waals surface area contributed by atoms with Gasteiger partial charge in [0.2, 0.25) is 0 Å². The molecule has 1 aromatic carbocycles. The number of Topliss-reactive ketones (excluding diaryl/α,β-unsaturated/α-hetero) is 2. The molecular weight excluding hydrogens is 216 g/mol. The average Bonchev–Trinajstić information content (AvgIpc) is 2.67. The zero-order valence-corrected chi connectivity index (χ0v) is 9.72. The predicted molar refractivity (Wildman–Crippen MR) is 63.9 cm³/mol. The molecule has 3 nitrogen and oxygen atoms in total.